The van der Waals surface area contributed by atoms with E-state index in [-0.39, 0.29) is 28.5 Å². The Morgan fingerprint density at radius 3 is 2.32 bits per heavy atom. The number of nitro benzene ring substituents is 1. The smallest absolute Gasteiger partial charge is 0.309 e. The molecule has 11 nitrogen and oxygen atoms in total. The number of nitro groups is 2. The Balaban J connectivity index is 1.84. The van der Waals surface area contributed by atoms with Crippen molar-refractivity contribution in [2.75, 3.05) is 5.32 Å². The number of rotatable bonds is 7. The molecular weight excluding hydrogens is 406 g/mol. The summed E-state index contributed by atoms with van der Waals surface area (Å²) >= 11 is 0. The van der Waals surface area contributed by atoms with Crippen LogP contribution in [0.2, 0.25) is 0 Å². The molecule has 1 amide bonds. The number of hydrogen-bond donors (Lipinski definition) is 1. The van der Waals surface area contributed by atoms with Gasteiger partial charge in [0.25, 0.3) is 5.69 Å². The highest BCUT2D eigenvalue weighted by molar-refractivity contribution is 5.94. The summed E-state index contributed by atoms with van der Waals surface area (Å²) in [5, 5.41) is 28.9. The van der Waals surface area contributed by atoms with Crippen molar-refractivity contribution in [2.24, 2.45) is 0 Å². The van der Waals surface area contributed by atoms with Gasteiger partial charge < -0.3 is 10.1 Å². The fourth-order valence-corrected chi connectivity index (χ4v) is 2.78. The molecule has 160 valence electrons. The van der Waals surface area contributed by atoms with Gasteiger partial charge in [-0.3, -0.25) is 29.7 Å². The van der Waals surface area contributed by atoms with Gasteiger partial charge in [0.2, 0.25) is 5.91 Å². The molecule has 0 saturated carbocycles. The topological polar surface area (TPSA) is 142 Å². The van der Waals surface area contributed by atoms with E-state index in [1.807, 2.05) is 19.1 Å². The quantitative estimate of drug-likeness (QED) is 0.439. The molecule has 11 heteroatoms. The van der Waals surface area contributed by atoms with Crippen LogP contribution in [0, 0.1) is 34.1 Å². The molecule has 3 aromatic rings. The second kappa shape index (κ2) is 8.61. The minimum atomic E-state index is -0.895. The molecule has 31 heavy (non-hydrogen) atoms. The highest BCUT2D eigenvalue weighted by Crippen LogP contribution is 2.30. The van der Waals surface area contributed by atoms with Gasteiger partial charge in [-0.25, -0.2) is 0 Å². The predicted octanol–water partition coefficient (Wildman–Crippen LogP) is 4.31. The maximum Gasteiger partial charge on any atom is 0.309 e. The van der Waals surface area contributed by atoms with E-state index in [0.717, 1.165) is 5.56 Å². The molecule has 0 bridgehead atoms. The predicted molar refractivity (Wildman–Crippen MR) is 111 cm³/mol. The number of carbonyl (C=O) groups excluding carboxylic acids is 1. The summed E-state index contributed by atoms with van der Waals surface area (Å²) in [6.07, 6.45) is 1.17. The highest BCUT2D eigenvalue weighted by atomic mass is 16.6. The zero-order chi connectivity index (χ0) is 22.7. The van der Waals surface area contributed by atoms with Crippen molar-refractivity contribution in [3.8, 4) is 11.5 Å². The first-order valence-corrected chi connectivity index (χ1v) is 9.19. The number of amides is 1. The molecule has 0 aliphatic carbocycles. The van der Waals surface area contributed by atoms with Gasteiger partial charge in [-0.1, -0.05) is 17.7 Å². The van der Waals surface area contributed by atoms with Crippen LogP contribution in [-0.2, 0) is 4.79 Å². The first kappa shape index (κ1) is 21.4. The number of aryl methyl sites for hydroxylation is 2. The maximum atomic E-state index is 12.6. The molecular formula is C20H19N5O6. The lowest BCUT2D eigenvalue weighted by molar-refractivity contribution is -0.385. The molecule has 1 heterocycles. The number of non-ortho nitro benzene ring substituents is 1. The Morgan fingerprint density at radius 2 is 1.74 bits per heavy atom. The van der Waals surface area contributed by atoms with Gasteiger partial charge in [0.15, 0.2) is 0 Å². The van der Waals surface area contributed by atoms with Crippen molar-refractivity contribution in [3.05, 3.63) is 80.1 Å². The van der Waals surface area contributed by atoms with E-state index >= 15 is 0 Å². The summed E-state index contributed by atoms with van der Waals surface area (Å²) in [7, 11) is 0. The molecule has 0 saturated heterocycles. The van der Waals surface area contributed by atoms with Crippen LogP contribution in [-0.4, -0.2) is 25.5 Å². The lowest BCUT2D eigenvalue weighted by Crippen LogP contribution is -2.24. The van der Waals surface area contributed by atoms with Crippen molar-refractivity contribution in [1.82, 2.24) is 9.78 Å². The van der Waals surface area contributed by atoms with Gasteiger partial charge in [-0.15, -0.1) is 0 Å². The van der Waals surface area contributed by atoms with E-state index in [0.29, 0.717) is 5.75 Å². The Hall–Kier alpha value is -4.28. The Morgan fingerprint density at radius 1 is 1.06 bits per heavy atom. The van der Waals surface area contributed by atoms with Crippen molar-refractivity contribution < 1.29 is 19.4 Å². The normalized spacial score (nSPS) is 11.6. The van der Waals surface area contributed by atoms with Gasteiger partial charge in [0.1, 0.15) is 29.4 Å². The molecule has 0 fully saturated rings. The fourth-order valence-electron chi connectivity index (χ4n) is 2.78. The number of ether oxygens (including phenoxy) is 1. The van der Waals surface area contributed by atoms with Crippen LogP contribution in [0.1, 0.15) is 24.2 Å². The lowest BCUT2D eigenvalue weighted by Gasteiger charge is -2.13. The van der Waals surface area contributed by atoms with Crippen LogP contribution in [0.4, 0.5) is 17.1 Å². The Bertz CT molecular complexity index is 1160. The van der Waals surface area contributed by atoms with Crippen LogP contribution in [0.5, 0.6) is 11.5 Å². The number of carbonyl (C=O) groups is 1. The maximum absolute atomic E-state index is 12.6. The van der Waals surface area contributed by atoms with Gasteiger partial charge >= 0.3 is 5.69 Å². The molecule has 0 spiro atoms. The first-order chi connectivity index (χ1) is 14.6. The number of aromatic nitrogens is 2. The average Bonchev–Trinajstić information content (AvgIpc) is 3.11. The molecule has 0 aliphatic rings. The van der Waals surface area contributed by atoms with E-state index < -0.39 is 21.8 Å². The average molecular weight is 425 g/mol. The fraction of sp³-hybridized carbons (Fsp3) is 0.200. The zero-order valence-corrected chi connectivity index (χ0v) is 16.9. The third-order valence-electron chi connectivity index (χ3n) is 4.49. The van der Waals surface area contributed by atoms with E-state index in [9.17, 15) is 25.0 Å². The Labute approximate surface area is 176 Å². The van der Waals surface area contributed by atoms with Gasteiger partial charge in [-0.2, -0.15) is 5.10 Å². The third-order valence-corrected chi connectivity index (χ3v) is 4.49. The second-order valence-electron chi connectivity index (χ2n) is 6.89. The van der Waals surface area contributed by atoms with Crippen molar-refractivity contribution in [3.63, 3.8) is 0 Å². The number of anilines is 1. The largest absolute Gasteiger partial charge is 0.457 e. The van der Waals surface area contributed by atoms with Gasteiger partial charge in [-0.05, 0) is 32.9 Å². The highest BCUT2D eigenvalue weighted by Gasteiger charge is 2.23. The van der Waals surface area contributed by atoms with E-state index in [4.69, 9.17) is 4.74 Å². The standard InChI is InChI=1S/C20H19N5O6/c1-12-4-6-17(7-5-12)31-18-9-15(8-16(10-18)24(27)28)21-20(26)14(3)23-11-19(25(29)30)13(2)22-23/h4-11,14H,1-3H3,(H,21,26). The molecule has 0 aliphatic heterocycles. The first-order valence-electron chi connectivity index (χ1n) is 9.19. The molecule has 3 rings (SSSR count). The van der Waals surface area contributed by atoms with Gasteiger partial charge in [0.05, 0.1) is 21.6 Å². The van der Waals surface area contributed by atoms with Crippen LogP contribution < -0.4 is 10.1 Å². The van der Waals surface area contributed by atoms with E-state index in [1.165, 1.54) is 42.9 Å². The van der Waals surface area contributed by atoms with Crippen molar-refractivity contribution in [1.29, 1.82) is 0 Å². The number of nitrogens with zero attached hydrogens (tertiary/aromatic N) is 4. The summed E-state index contributed by atoms with van der Waals surface area (Å²) in [5.41, 5.74) is 0.879. The third kappa shape index (κ3) is 5.01. The molecule has 1 aromatic heterocycles. The number of hydrogen-bond acceptors (Lipinski definition) is 7. The lowest BCUT2D eigenvalue weighted by atomic mass is 10.2. The summed E-state index contributed by atoms with van der Waals surface area (Å²) < 4.78 is 6.86. The SMILES string of the molecule is Cc1ccc(Oc2cc(NC(=O)C(C)n3cc([N+](=O)[O-])c(C)n3)cc([N+](=O)[O-])c2)cc1. The minimum absolute atomic E-state index is 0.145. The van der Waals surface area contributed by atoms with Crippen molar-refractivity contribution in [2.45, 2.75) is 26.8 Å². The minimum Gasteiger partial charge on any atom is -0.457 e. The van der Waals surface area contributed by atoms with Crippen LogP contribution >= 0.6 is 0 Å². The summed E-state index contributed by atoms with van der Waals surface area (Å²) in [6.45, 7) is 4.89. The number of nitrogens with one attached hydrogen (secondary N) is 1. The zero-order valence-electron chi connectivity index (χ0n) is 16.9. The Kier molecular flexibility index (Phi) is 5.95. The summed E-state index contributed by atoms with van der Waals surface area (Å²) in [4.78, 5) is 33.8. The van der Waals surface area contributed by atoms with E-state index in [1.54, 1.807) is 12.1 Å². The second-order valence-corrected chi connectivity index (χ2v) is 6.89. The molecule has 1 N–H and O–H groups in total. The molecule has 1 unspecified atom stereocenters. The molecule has 0 radical (unpaired) electrons. The van der Waals surface area contributed by atoms with Gasteiger partial charge in [0, 0.05) is 12.1 Å². The molecule has 1 atom stereocenters. The van der Waals surface area contributed by atoms with Crippen LogP contribution in [0.25, 0.3) is 0 Å². The number of benzene rings is 2. The van der Waals surface area contributed by atoms with E-state index in [2.05, 4.69) is 10.4 Å². The van der Waals surface area contributed by atoms with Crippen LogP contribution in [0.15, 0.2) is 48.7 Å². The van der Waals surface area contributed by atoms with Crippen LogP contribution in [0.3, 0.4) is 0 Å². The van der Waals surface area contributed by atoms with Crippen molar-refractivity contribution >= 4 is 23.0 Å². The summed E-state index contributed by atoms with van der Waals surface area (Å²) in [6, 6.07) is 10.1. The molecule has 2 aromatic carbocycles. The summed E-state index contributed by atoms with van der Waals surface area (Å²) in [5.74, 6) is 0.0989. The monoisotopic (exact) mass is 425 g/mol.